The van der Waals surface area contributed by atoms with Crippen LogP contribution in [0.5, 0.6) is 0 Å². The van der Waals surface area contributed by atoms with Gasteiger partial charge in [0.15, 0.2) is 0 Å². The second kappa shape index (κ2) is 7.73. The first kappa shape index (κ1) is 16.9. The molecule has 0 bridgehead atoms. The molecule has 0 aromatic heterocycles. The molecular formula is C17H26BrNO2. The van der Waals surface area contributed by atoms with Crippen molar-refractivity contribution in [3.05, 3.63) is 34.3 Å². The third-order valence-electron chi connectivity index (χ3n) is 3.57. The Morgan fingerprint density at radius 2 is 1.95 bits per heavy atom. The van der Waals surface area contributed by atoms with Crippen LogP contribution in [0.15, 0.2) is 28.7 Å². The Morgan fingerprint density at radius 3 is 2.67 bits per heavy atom. The monoisotopic (exact) mass is 355 g/mol. The lowest BCUT2D eigenvalue weighted by Gasteiger charge is -2.23. The van der Waals surface area contributed by atoms with Gasteiger partial charge >= 0.3 is 0 Å². The fraction of sp³-hybridized carbons (Fsp3) is 0.647. The standard InChI is InChI=1S/C17H26BrNO2/c1-17(2,3)19-10-14-8-9-15(21-14)12-20-11-13-6-4-5-7-16(13)18/h4-7,14-15,19H,8-12H2,1-3H3. The molecule has 1 aliphatic rings. The summed E-state index contributed by atoms with van der Waals surface area (Å²) in [7, 11) is 0. The first-order valence-electron chi connectivity index (χ1n) is 7.66. The predicted octanol–water partition coefficient (Wildman–Crippen LogP) is 3.90. The molecule has 118 valence electrons. The van der Waals surface area contributed by atoms with Crippen molar-refractivity contribution in [1.29, 1.82) is 0 Å². The topological polar surface area (TPSA) is 30.5 Å². The normalized spacial score (nSPS) is 22.7. The van der Waals surface area contributed by atoms with Crippen LogP contribution in [0, 0.1) is 0 Å². The minimum Gasteiger partial charge on any atom is -0.374 e. The van der Waals surface area contributed by atoms with E-state index in [0.717, 1.165) is 23.9 Å². The maximum Gasteiger partial charge on any atom is 0.0814 e. The fourth-order valence-corrected chi connectivity index (χ4v) is 2.79. The van der Waals surface area contributed by atoms with Gasteiger partial charge in [-0.25, -0.2) is 0 Å². The molecule has 1 fully saturated rings. The van der Waals surface area contributed by atoms with E-state index in [1.165, 1.54) is 5.56 Å². The quantitative estimate of drug-likeness (QED) is 0.839. The molecule has 0 aliphatic carbocycles. The molecular weight excluding hydrogens is 330 g/mol. The molecule has 1 aromatic rings. The van der Waals surface area contributed by atoms with E-state index >= 15 is 0 Å². The summed E-state index contributed by atoms with van der Waals surface area (Å²) in [4.78, 5) is 0. The summed E-state index contributed by atoms with van der Waals surface area (Å²) in [5, 5.41) is 3.50. The molecule has 1 N–H and O–H groups in total. The molecule has 4 heteroatoms. The zero-order chi connectivity index (χ0) is 15.3. The highest BCUT2D eigenvalue weighted by Gasteiger charge is 2.26. The Bertz CT molecular complexity index is 445. The van der Waals surface area contributed by atoms with E-state index in [1.54, 1.807) is 0 Å². The van der Waals surface area contributed by atoms with Gasteiger partial charge in [0.1, 0.15) is 0 Å². The van der Waals surface area contributed by atoms with Crippen LogP contribution in [0.1, 0.15) is 39.2 Å². The zero-order valence-corrected chi connectivity index (χ0v) is 14.8. The lowest BCUT2D eigenvalue weighted by molar-refractivity contribution is -0.0204. The summed E-state index contributed by atoms with van der Waals surface area (Å²) in [5.41, 5.74) is 1.33. The highest BCUT2D eigenvalue weighted by Crippen LogP contribution is 2.21. The van der Waals surface area contributed by atoms with Gasteiger partial charge in [-0.1, -0.05) is 34.1 Å². The predicted molar refractivity (Wildman–Crippen MR) is 89.4 cm³/mol. The van der Waals surface area contributed by atoms with Crippen LogP contribution in [0.25, 0.3) is 0 Å². The molecule has 1 heterocycles. The summed E-state index contributed by atoms with van der Waals surface area (Å²) in [6.45, 7) is 8.77. The van der Waals surface area contributed by atoms with Gasteiger partial charge < -0.3 is 14.8 Å². The molecule has 1 aliphatic heterocycles. The van der Waals surface area contributed by atoms with Crippen LogP contribution in [-0.2, 0) is 16.1 Å². The Kier molecular flexibility index (Phi) is 6.23. The van der Waals surface area contributed by atoms with Crippen LogP contribution in [0.2, 0.25) is 0 Å². The zero-order valence-electron chi connectivity index (χ0n) is 13.2. The van der Waals surface area contributed by atoms with Crippen LogP contribution >= 0.6 is 15.9 Å². The number of ether oxygens (including phenoxy) is 2. The number of benzene rings is 1. The number of halogens is 1. The third-order valence-corrected chi connectivity index (χ3v) is 4.35. The number of hydrogen-bond donors (Lipinski definition) is 1. The Hall–Kier alpha value is -0.420. The Labute approximate surface area is 136 Å². The van der Waals surface area contributed by atoms with E-state index in [-0.39, 0.29) is 11.6 Å². The van der Waals surface area contributed by atoms with Crippen molar-refractivity contribution in [1.82, 2.24) is 5.32 Å². The molecule has 0 radical (unpaired) electrons. The van der Waals surface area contributed by atoms with Gasteiger partial charge in [0.25, 0.3) is 0 Å². The first-order chi connectivity index (χ1) is 9.94. The second-order valence-corrected chi connectivity index (χ2v) is 7.55. The highest BCUT2D eigenvalue weighted by atomic mass is 79.9. The minimum absolute atomic E-state index is 0.150. The van der Waals surface area contributed by atoms with Gasteiger partial charge in [0.2, 0.25) is 0 Å². The van der Waals surface area contributed by atoms with Crippen LogP contribution in [-0.4, -0.2) is 30.9 Å². The van der Waals surface area contributed by atoms with Gasteiger partial charge in [-0.05, 0) is 45.2 Å². The lowest BCUT2D eigenvalue weighted by atomic mass is 10.1. The van der Waals surface area contributed by atoms with E-state index in [0.29, 0.717) is 19.3 Å². The van der Waals surface area contributed by atoms with Crippen LogP contribution < -0.4 is 5.32 Å². The summed E-state index contributed by atoms with van der Waals surface area (Å²) in [6, 6.07) is 8.17. The van der Waals surface area contributed by atoms with E-state index in [4.69, 9.17) is 9.47 Å². The molecule has 2 rings (SSSR count). The number of nitrogens with one attached hydrogen (secondary N) is 1. The molecule has 0 amide bonds. The molecule has 1 saturated heterocycles. The molecule has 0 spiro atoms. The maximum absolute atomic E-state index is 6.03. The first-order valence-corrected chi connectivity index (χ1v) is 8.45. The summed E-state index contributed by atoms with van der Waals surface area (Å²) >= 11 is 3.54. The van der Waals surface area contributed by atoms with E-state index in [2.05, 4.69) is 48.1 Å². The van der Waals surface area contributed by atoms with Gasteiger partial charge in [-0.3, -0.25) is 0 Å². The van der Waals surface area contributed by atoms with Gasteiger partial charge in [-0.2, -0.15) is 0 Å². The minimum atomic E-state index is 0.150. The van der Waals surface area contributed by atoms with Crippen molar-refractivity contribution < 1.29 is 9.47 Å². The molecule has 21 heavy (non-hydrogen) atoms. The van der Waals surface area contributed by atoms with Crippen molar-refractivity contribution in [2.75, 3.05) is 13.2 Å². The van der Waals surface area contributed by atoms with Crippen molar-refractivity contribution in [2.45, 2.75) is 58.0 Å². The Morgan fingerprint density at radius 1 is 1.24 bits per heavy atom. The highest BCUT2D eigenvalue weighted by molar-refractivity contribution is 9.10. The molecule has 0 saturated carbocycles. The summed E-state index contributed by atoms with van der Waals surface area (Å²) in [6.07, 6.45) is 2.76. The summed E-state index contributed by atoms with van der Waals surface area (Å²) in [5.74, 6) is 0. The SMILES string of the molecule is CC(C)(C)NCC1CCC(COCc2ccccc2Br)O1. The second-order valence-electron chi connectivity index (χ2n) is 6.69. The molecule has 2 atom stereocenters. The van der Waals surface area contributed by atoms with Crippen molar-refractivity contribution >= 4 is 15.9 Å². The van der Waals surface area contributed by atoms with Crippen molar-refractivity contribution in [3.8, 4) is 0 Å². The molecule has 2 unspecified atom stereocenters. The molecule has 1 aromatic carbocycles. The van der Waals surface area contributed by atoms with Gasteiger partial charge in [0.05, 0.1) is 25.4 Å². The summed E-state index contributed by atoms with van der Waals surface area (Å²) < 4.78 is 12.9. The van der Waals surface area contributed by atoms with E-state index in [1.807, 2.05) is 18.2 Å². The van der Waals surface area contributed by atoms with Gasteiger partial charge in [-0.15, -0.1) is 0 Å². The average molecular weight is 356 g/mol. The van der Waals surface area contributed by atoms with E-state index < -0.39 is 0 Å². The van der Waals surface area contributed by atoms with E-state index in [9.17, 15) is 0 Å². The number of rotatable bonds is 6. The fourth-order valence-electron chi connectivity index (χ4n) is 2.39. The third kappa shape index (κ3) is 6.07. The maximum atomic E-state index is 6.03. The number of hydrogen-bond acceptors (Lipinski definition) is 3. The molecule has 3 nitrogen and oxygen atoms in total. The van der Waals surface area contributed by atoms with Crippen LogP contribution in [0.3, 0.4) is 0 Å². The largest absolute Gasteiger partial charge is 0.374 e. The Balaban J connectivity index is 1.66. The van der Waals surface area contributed by atoms with Gasteiger partial charge in [0, 0.05) is 16.6 Å². The van der Waals surface area contributed by atoms with Crippen molar-refractivity contribution in [3.63, 3.8) is 0 Å². The van der Waals surface area contributed by atoms with Crippen LogP contribution in [0.4, 0.5) is 0 Å². The lowest BCUT2D eigenvalue weighted by Crippen LogP contribution is -2.41. The van der Waals surface area contributed by atoms with Crippen molar-refractivity contribution in [2.24, 2.45) is 0 Å². The smallest absolute Gasteiger partial charge is 0.0814 e. The average Bonchev–Trinajstić information content (AvgIpc) is 2.86.